The number of carbonyl (C=O) groups excluding carboxylic acids is 1. The van der Waals surface area contributed by atoms with Crippen LogP contribution in [0, 0.1) is 0 Å². The quantitative estimate of drug-likeness (QED) is 0.545. The number of nitrogens with zero attached hydrogens (tertiary/aromatic N) is 3. The molecule has 0 aliphatic carbocycles. The van der Waals surface area contributed by atoms with Gasteiger partial charge in [-0.25, -0.2) is 4.98 Å². The lowest BCUT2D eigenvalue weighted by atomic mass is 10.00. The average molecular weight is 431 g/mol. The monoisotopic (exact) mass is 431 g/mol. The van der Waals surface area contributed by atoms with Gasteiger partial charge in [0.25, 0.3) is 0 Å². The number of thioether (sulfide) groups is 1. The Morgan fingerprint density at radius 3 is 2.47 bits per heavy atom. The van der Waals surface area contributed by atoms with Crippen molar-refractivity contribution in [1.29, 1.82) is 0 Å². The maximum absolute atomic E-state index is 13.2. The first-order valence-electron chi connectivity index (χ1n) is 9.56. The van der Waals surface area contributed by atoms with Crippen molar-refractivity contribution < 1.29 is 18.0 Å². The van der Waals surface area contributed by atoms with E-state index in [-0.39, 0.29) is 16.8 Å². The smallest absolute Gasteiger partial charge is 0.337 e. The van der Waals surface area contributed by atoms with Crippen LogP contribution in [0.5, 0.6) is 0 Å². The summed E-state index contributed by atoms with van der Waals surface area (Å²) in [5, 5.41) is 0.192. The number of amides is 1. The Morgan fingerprint density at radius 1 is 1.03 bits per heavy atom. The Labute approximate surface area is 176 Å². The second-order valence-electron chi connectivity index (χ2n) is 7.12. The number of rotatable bonds is 5. The Kier molecular flexibility index (Phi) is 5.85. The molecule has 0 radical (unpaired) electrons. The van der Waals surface area contributed by atoms with Gasteiger partial charge in [-0.3, -0.25) is 4.79 Å². The van der Waals surface area contributed by atoms with Crippen molar-refractivity contribution in [3.8, 4) is 11.3 Å². The van der Waals surface area contributed by atoms with Crippen LogP contribution in [0.25, 0.3) is 11.3 Å². The maximum Gasteiger partial charge on any atom is 0.406 e. The molecule has 0 unspecified atom stereocenters. The van der Waals surface area contributed by atoms with Crippen molar-refractivity contribution in [2.75, 3.05) is 12.3 Å². The standard InChI is InChI=1S/C22H20F3N3OS/c23-22(24,25)15-28-19(17-7-2-1-3-8-17)12-26-21(28)30-14-20(29)27-11-10-16-6-4-5-9-18(16)13-27/h1-9,12H,10-11,13-15H2. The summed E-state index contributed by atoms with van der Waals surface area (Å²) in [5.41, 5.74) is 3.39. The summed E-state index contributed by atoms with van der Waals surface area (Å²) in [4.78, 5) is 18.6. The van der Waals surface area contributed by atoms with Gasteiger partial charge in [-0.15, -0.1) is 0 Å². The molecule has 2 heterocycles. The number of fused-ring (bicyclic) bond motifs is 1. The fourth-order valence-electron chi connectivity index (χ4n) is 3.57. The SMILES string of the molecule is O=C(CSc1ncc(-c2ccccc2)n1CC(F)(F)F)N1CCc2ccccc2C1. The van der Waals surface area contributed by atoms with Crippen LogP contribution in [-0.4, -0.2) is 38.8 Å². The van der Waals surface area contributed by atoms with Gasteiger partial charge in [0.2, 0.25) is 5.91 Å². The van der Waals surface area contributed by atoms with Gasteiger partial charge in [0.15, 0.2) is 5.16 Å². The van der Waals surface area contributed by atoms with Crippen LogP contribution in [0.2, 0.25) is 0 Å². The molecule has 30 heavy (non-hydrogen) atoms. The number of imidazole rings is 1. The molecule has 0 atom stereocenters. The van der Waals surface area contributed by atoms with E-state index in [4.69, 9.17) is 0 Å². The van der Waals surface area contributed by atoms with Crippen LogP contribution in [0.3, 0.4) is 0 Å². The van der Waals surface area contributed by atoms with Crippen LogP contribution in [0.15, 0.2) is 66.0 Å². The molecule has 1 aliphatic heterocycles. The molecule has 1 amide bonds. The molecule has 0 N–H and O–H groups in total. The highest BCUT2D eigenvalue weighted by Gasteiger charge is 2.31. The zero-order chi connectivity index (χ0) is 21.1. The molecule has 0 bridgehead atoms. The molecule has 0 saturated heterocycles. The lowest BCUT2D eigenvalue weighted by Crippen LogP contribution is -2.37. The molecule has 0 fully saturated rings. The summed E-state index contributed by atoms with van der Waals surface area (Å²) in [6.45, 7) is -0.00463. The molecule has 0 saturated carbocycles. The van der Waals surface area contributed by atoms with E-state index in [0.29, 0.717) is 24.3 Å². The fraction of sp³-hybridized carbons (Fsp3) is 0.273. The third-order valence-corrected chi connectivity index (χ3v) is 6.01. The third kappa shape index (κ3) is 4.70. The summed E-state index contributed by atoms with van der Waals surface area (Å²) in [5.74, 6) is -0.0528. The lowest BCUT2D eigenvalue weighted by molar-refractivity contribution is -0.141. The van der Waals surface area contributed by atoms with Gasteiger partial charge in [0.1, 0.15) is 6.54 Å². The molecule has 1 aromatic heterocycles. The zero-order valence-electron chi connectivity index (χ0n) is 16.1. The minimum absolute atomic E-state index is 0.0469. The second kappa shape index (κ2) is 8.55. The Balaban J connectivity index is 1.49. The van der Waals surface area contributed by atoms with Gasteiger partial charge in [0.05, 0.1) is 17.6 Å². The number of alkyl halides is 3. The van der Waals surface area contributed by atoms with Crippen LogP contribution < -0.4 is 0 Å². The fourth-order valence-corrected chi connectivity index (χ4v) is 4.45. The van der Waals surface area contributed by atoms with Crippen molar-refractivity contribution in [2.45, 2.75) is 30.8 Å². The number of carbonyl (C=O) groups is 1. The molecule has 2 aromatic carbocycles. The van der Waals surface area contributed by atoms with E-state index < -0.39 is 12.7 Å². The van der Waals surface area contributed by atoms with E-state index in [1.807, 2.05) is 18.2 Å². The van der Waals surface area contributed by atoms with E-state index >= 15 is 0 Å². The van der Waals surface area contributed by atoms with Crippen LogP contribution in [0.4, 0.5) is 13.2 Å². The zero-order valence-corrected chi connectivity index (χ0v) is 16.9. The molecule has 156 valence electrons. The van der Waals surface area contributed by atoms with E-state index in [1.54, 1.807) is 35.2 Å². The van der Waals surface area contributed by atoms with Crippen molar-refractivity contribution in [3.63, 3.8) is 0 Å². The van der Waals surface area contributed by atoms with Crippen molar-refractivity contribution in [1.82, 2.24) is 14.5 Å². The third-order valence-electron chi connectivity index (χ3n) is 5.03. The number of hydrogen-bond donors (Lipinski definition) is 0. The van der Waals surface area contributed by atoms with Gasteiger partial charge in [-0.2, -0.15) is 13.2 Å². The normalized spacial score (nSPS) is 13.9. The first kappa shape index (κ1) is 20.5. The van der Waals surface area contributed by atoms with Gasteiger partial charge in [0, 0.05) is 13.1 Å². The Bertz CT molecular complexity index is 1030. The minimum Gasteiger partial charge on any atom is -0.337 e. The predicted octanol–water partition coefficient (Wildman–Crippen LogP) is 4.79. The maximum atomic E-state index is 13.2. The molecule has 3 aromatic rings. The van der Waals surface area contributed by atoms with Crippen LogP contribution in [-0.2, 0) is 24.3 Å². The Hall–Kier alpha value is -2.74. The van der Waals surface area contributed by atoms with Gasteiger partial charge in [-0.1, -0.05) is 66.4 Å². The van der Waals surface area contributed by atoms with Crippen molar-refractivity contribution in [3.05, 3.63) is 71.9 Å². The van der Waals surface area contributed by atoms with Crippen LogP contribution >= 0.6 is 11.8 Å². The summed E-state index contributed by atoms with van der Waals surface area (Å²) >= 11 is 1.05. The van der Waals surface area contributed by atoms with Crippen molar-refractivity contribution in [2.24, 2.45) is 0 Å². The van der Waals surface area contributed by atoms with E-state index in [1.165, 1.54) is 11.8 Å². The number of aromatic nitrogens is 2. The number of benzene rings is 2. The molecular formula is C22H20F3N3OS. The number of hydrogen-bond acceptors (Lipinski definition) is 3. The highest BCUT2D eigenvalue weighted by molar-refractivity contribution is 7.99. The molecule has 0 spiro atoms. The minimum atomic E-state index is -4.39. The first-order valence-corrected chi connectivity index (χ1v) is 10.5. The highest BCUT2D eigenvalue weighted by Crippen LogP contribution is 2.30. The molecule has 1 aliphatic rings. The highest BCUT2D eigenvalue weighted by atomic mass is 32.2. The first-order chi connectivity index (χ1) is 14.4. The second-order valence-corrected chi connectivity index (χ2v) is 8.06. The topological polar surface area (TPSA) is 38.1 Å². The molecule has 4 rings (SSSR count). The van der Waals surface area contributed by atoms with Gasteiger partial charge in [-0.05, 0) is 23.1 Å². The van der Waals surface area contributed by atoms with Crippen LogP contribution in [0.1, 0.15) is 11.1 Å². The predicted molar refractivity (Wildman–Crippen MR) is 110 cm³/mol. The summed E-state index contributed by atoms with van der Waals surface area (Å²) < 4.78 is 40.7. The van der Waals surface area contributed by atoms with E-state index in [0.717, 1.165) is 28.3 Å². The largest absolute Gasteiger partial charge is 0.406 e. The molecular weight excluding hydrogens is 411 g/mol. The van der Waals surface area contributed by atoms with Crippen molar-refractivity contribution >= 4 is 17.7 Å². The lowest BCUT2D eigenvalue weighted by Gasteiger charge is -2.28. The number of halogens is 3. The summed E-state index contributed by atoms with van der Waals surface area (Å²) in [6.07, 6.45) is -2.17. The van der Waals surface area contributed by atoms with E-state index in [2.05, 4.69) is 11.1 Å². The van der Waals surface area contributed by atoms with E-state index in [9.17, 15) is 18.0 Å². The summed E-state index contributed by atoms with van der Waals surface area (Å²) in [6, 6.07) is 16.8. The summed E-state index contributed by atoms with van der Waals surface area (Å²) in [7, 11) is 0. The molecule has 4 nitrogen and oxygen atoms in total. The van der Waals surface area contributed by atoms with Gasteiger partial charge < -0.3 is 9.47 Å². The Morgan fingerprint density at radius 2 is 1.73 bits per heavy atom. The van der Waals surface area contributed by atoms with Gasteiger partial charge >= 0.3 is 6.18 Å². The molecule has 8 heteroatoms. The average Bonchev–Trinajstić information content (AvgIpc) is 3.13.